The van der Waals surface area contributed by atoms with E-state index in [1.165, 1.54) is 6.07 Å². The number of pyridine rings is 1. The fourth-order valence-electron chi connectivity index (χ4n) is 2.17. The predicted octanol–water partition coefficient (Wildman–Crippen LogP) is 1.88. The molecular weight excluding hydrogens is 338 g/mol. The van der Waals surface area contributed by atoms with E-state index in [-0.39, 0.29) is 22.9 Å². The third kappa shape index (κ3) is 3.73. The van der Waals surface area contributed by atoms with Crippen LogP contribution in [-0.4, -0.2) is 25.9 Å². The lowest BCUT2D eigenvalue weighted by molar-refractivity contribution is -0.115. The van der Waals surface area contributed by atoms with E-state index in [9.17, 15) is 10.1 Å². The quantitative estimate of drug-likeness (QED) is 0.800. The molecule has 3 N–H and O–H groups in total. The Labute approximate surface area is 149 Å². The van der Waals surface area contributed by atoms with E-state index in [0.29, 0.717) is 10.7 Å². The van der Waals surface area contributed by atoms with Gasteiger partial charge in [-0.2, -0.15) is 15.6 Å². The molecule has 2 aromatic heterocycles. The fraction of sp³-hybridized carbons (Fsp3) is 0.312. The minimum atomic E-state index is -0.522. The highest BCUT2D eigenvalue weighted by molar-refractivity contribution is 8.00. The van der Waals surface area contributed by atoms with Crippen LogP contribution in [0.3, 0.4) is 0 Å². The summed E-state index contributed by atoms with van der Waals surface area (Å²) in [6.45, 7) is 5.39. The number of anilines is 2. The van der Waals surface area contributed by atoms with Crippen molar-refractivity contribution in [1.29, 1.82) is 10.5 Å². The van der Waals surface area contributed by atoms with E-state index >= 15 is 0 Å². The summed E-state index contributed by atoms with van der Waals surface area (Å²) < 4.78 is 1.69. The maximum atomic E-state index is 12.5. The number of hydrogen-bond acceptors (Lipinski definition) is 7. The Balaban J connectivity index is 2.21. The first kappa shape index (κ1) is 18.3. The first-order valence-electron chi connectivity index (χ1n) is 7.36. The van der Waals surface area contributed by atoms with Crippen molar-refractivity contribution in [3.63, 3.8) is 0 Å². The summed E-state index contributed by atoms with van der Waals surface area (Å²) in [5.41, 5.74) is 8.30. The predicted molar refractivity (Wildman–Crippen MR) is 94.7 cm³/mol. The summed E-state index contributed by atoms with van der Waals surface area (Å²) in [6, 6.07) is 5.24. The van der Waals surface area contributed by atoms with Crippen LogP contribution >= 0.6 is 11.8 Å². The van der Waals surface area contributed by atoms with Crippen LogP contribution in [0.4, 0.5) is 11.5 Å². The van der Waals surface area contributed by atoms with Crippen molar-refractivity contribution in [2.75, 3.05) is 11.1 Å². The monoisotopic (exact) mass is 355 g/mol. The van der Waals surface area contributed by atoms with Crippen LogP contribution in [0, 0.1) is 36.5 Å². The molecule has 2 rings (SSSR count). The van der Waals surface area contributed by atoms with Crippen LogP contribution in [0.1, 0.15) is 29.4 Å². The van der Waals surface area contributed by atoms with Gasteiger partial charge in [0.2, 0.25) is 5.91 Å². The van der Waals surface area contributed by atoms with Crippen molar-refractivity contribution < 1.29 is 4.79 Å². The Morgan fingerprint density at radius 1 is 1.36 bits per heavy atom. The standard InChI is InChI=1S/C16H17N7OS/c1-8-13(9(2)23(4)22-8)20-15(24)10(3)25-16-12(7-18)5-11(6-17)14(19)21-16/h5,10H,1-4H3,(H2,19,21)(H,20,24)/t10-/m0/s1. The smallest absolute Gasteiger partial charge is 0.237 e. The number of nitrogens with zero attached hydrogens (tertiary/aromatic N) is 5. The van der Waals surface area contributed by atoms with Gasteiger partial charge in [-0.3, -0.25) is 9.48 Å². The molecule has 0 radical (unpaired) electrons. The number of nitrogens with two attached hydrogens (primary N) is 1. The molecule has 0 aromatic carbocycles. The SMILES string of the molecule is Cc1nn(C)c(C)c1NC(=O)[C@H](C)Sc1nc(N)c(C#N)cc1C#N. The number of hydrogen-bond donors (Lipinski definition) is 2. The zero-order valence-electron chi connectivity index (χ0n) is 14.3. The number of aromatic nitrogens is 3. The minimum Gasteiger partial charge on any atom is -0.383 e. The van der Waals surface area contributed by atoms with E-state index in [4.69, 9.17) is 11.0 Å². The lowest BCUT2D eigenvalue weighted by Gasteiger charge is -2.13. The number of thioether (sulfide) groups is 1. The molecule has 9 heteroatoms. The van der Waals surface area contributed by atoms with Gasteiger partial charge >= 0.3 is 0 Å². The molecule has 0 saturated heterocycles. The summed E-state index contributed by atoms with van der Waals surface area (Å²) in [7, 11) is 1.80. The van der Waals surface area contributed by atoms with E-state index < -0.39 is 5.25 Å². The van der Waals surface area contributed by atoms with Crippen LogP contribution < -0.4 is 11.1 Å². The average Bonchev–Trinajstić information content (AvgIpc) is 2.81. The molecule has 8 nitrogen and oxygen atoms in total. The van der Waals surface area contributed by atoms with E-state index in [1.54, 1.807) is 18.7 Å². The molecule has 0 aliphatic rings. The fourth-order valence-corrected chi connectivity index (χ4v) is 3.05. The molecule has 0 aliphatic heterocycles. The highest BCUT2D eigenvalue weighted by Gasteiger charge is 2.21. The summed E-state index contributed by atoms with van der Waals surface area (Å²) in [4.78, 5) is 16.6. The third-order valence-corrected chi connectivity index (χ3v) is 4.77. The van der Waals surface area contributed by atoms with Gasteiger partial charge in [0.25, 0.3) is 0 Å². The molecule has 1 amide bonds. The molecule has 0 bridgehead atoms. The van der Waals surface area contributed by atoms with E-state index in [0.717, 1.165) is 23.1 Å². The largest absolute Gasteiger partial charge is 0.383 e. The van der Waals surface area contributed by atoms with Gasteiger partial charge in [-0.05, 0) is 26.8 Å². The number of carbonyl (C=O) groups excluding carboxylic acids is 1. The second-order valence-corrected chi connectivity index (χ2v) is 6.75. The van der Waals surface area contributed by atoms with Gasteiger partial charge in [-0.25, -0.2) is 4.98 Å². The molecule has 0 saturated carbocycles. The lowest BCUT2D eigenvalue weighted by Crippen LogP contribution is -2.23. The summed E-state index contributed by atoms with van der Waals surface area (Å²) >= 11 is 1.11. The van der Waals surface area contributed by atoms with Crippen LogP contribution in [-0.2, 0) is 11.8 Å². The average molecular weight is 355 g/mol. The molecule has 0 spiro atoms. The number of rotatable bonds is 4. The molecule has 0 unspecified atom stereocenters. The van der Waals surface area contributed by atoms with Crippen LogP contribution in [0.2, 0.25) is 0 Å². The number of aryl methyl sites for hydroxylation is 2. The minimum absolute atomic E-state index is 0.0376. The second kappa shape index (κ2) is 7.24. The molecular formula is C16H17N7OS. The van der Waals surface area contributed by atoms with Crippen LogP contribution in [0.5, 0.6) is 0 Å². The molecule has 0 fully saturated rings. The second-order valence-electron chi connectivity index (χ2n) is 5.42. The molecule has 2 heterocycles. The molecule has 1 atom stereocenters. The van der Waals surface area contributed by atoms with E-state index in [2.05, 4.69) is 15.4 Å². The Morgan fingerprint density at radius 3 is 2.52 bits per heavy atom. The van der Waals surface area contributed by atoms with E-state index in [1.807, 2.05) is 26.0 Å². The number of nitriles is 2. The van der Waals surface area contributed by atoms with Crippen molar-refractivity contribution >= 4 is 29.2 Å². The number of nitrogens with one attached hydrogen (secondary N) is 1. The summed E-state index contributed by atoms with van der Waals surface area (Å²) in [5.74, 6) is -0.201. The summed E-state index contributed by atoms with van der Waals surface area (Å²) in [5, 5.41) is 25.1. The maximum absolute atomic E-state index is 12.5. The van der Waals surface area contributed by atoms with Gasteiger partial charge in [-0.1, -0.05) is 11.8 Å². The van der Waals surface area contributed by atoms with Gasteiger partial charge < -0.3 is 11.1 Å². The summed E-state index contributed by atoms with van der Waals surface area (Å²) in [6.07, 6.45) is 0. The van der Waals surface area contributed by atoms with Crippen molar-refractivity contribution in [3.05, 3.63) is 28.6 Å². The normalized spacial score (nSPS) is 11.4. The Bertz CT molecular complexity index is 920. The van der Waals surface area contributed by atoms with Crippen LogP contribution in [0.15, 0.2) is 11.1 Å². The maximum Gasteiger partial charge on any atom is 0.237 e. The highest BCUT2D eigenvalue weighted by Crippen LogP contribution is 2.28. The first-order chi connectivity index (χ1) is 11.8. The van der Waals surface area contributed by atoms with Crippen molar-refractivity contribution in [2.24, 2.45) is 7.05 Å². The Hall–Kier alpha value is -3.04. The lowest BCUT2D eigenvalue weighted by atomic mass is 10.2. The molecule has 128 valence electrons. The number of nitrogen functional groups attached to an aromatic ring is 1. The topological polar surface area (TPSA) is 133 Å². The molecule has 25 heavy (non-hydrogen) atoms. The van der Waals surface area contributed by atoms with Crippen molar-refractivity contribution in [3.8, 4) is 12.1 Å². The zero-order valence-corrected chi connectivity index (χ0v) is 15.1. The number of amides is 1. The van der Waals surface area contributed by atoms with Gasteiger partial charge in [0.05, 0.1) is 33.5 Å². The Kier molecular flexibility index (Phi) is 5.30. The van der Waals surface area contributed by atoms with Gasteiger partial charge in [0, 0.05) is 7.05 Å². The Morgan fingerprint density at radius 2 is 2.00 bits per heavy atom. The van der Waals surface area contributed by atoms with Crippen molar-refractivity contribution in [2.45, 2.75) is 31.0 Å². The molecule has 2 aromatic rings. The van der Waals surface area contributed by atoms with Crippen molar-refractivity contribution in [1.82, 2.24) is 14.8 Å². The third-order valence-electron chi connectivity index (χ3n) is 3.67. The number of carbonyl (C=O) groups is 1. The van der Waals surface area contributed by atoms with Gasteiger partial charge in [-0.15, -0.1) is 0 Å². The zero-order chi connectivity index (χ0) is 18.7. The van der Waals surface area contributed by atoms with Crippen LogP contribution in [0.25, 0.3) is 0 Å². The van der Waals surface area contributed by atoms with Gasteiger partial charge in [0.1, 0.15) is 23.0 Å². The van der Waals surface area contributed by atoms with Gasteiger partial charge in [0.15, 0.2) is 0 Å². The molecule has 0 aliphatic carbocycles. The first-order valence-corrected chi connectivity index (χ1v) is 8.24. The highest BCUT2D eigenvalue weighted by atomic mass is 32.2.